The van der Waals surface area contributed by atoms with Crippen LogP contribution in [0.4, 0.5) is 4.79 Å². The Morgan fingerprint density at radius 1 is 1.16 bits per heavy atom. The molecule has 1 aliphatic carbocycles. The Morgan fingerprint density at radius 3 is 2.34 bits per heavy atom. The third kappa shape index (κ3) is 8.41. The Labute approximate surface area is 196 Å². The number of carbonyl (C=O) groups excluding carboxylic acids is 1. The average molecular weight is 444 g/mol. The molecule has 2 aliphatic rings. The van der Waals surface area contributed by atoms with Gasteiger partial charge in [0.15, 0.2) is 0 Å². The van der Waals surface area contributed by atoms with E-state index in [1.54, 1.807) is 0 Å². The first kappa shape index (κ1) is 27.9. The lowest BCUT2D eigenvalue weighted by atomic mass is 9.74. The Bertz CT molecular complexity index is 786. The monoisotopic (exact) mass is 443 g/mol. The largest absolute Gasteiger partial charge is 0.444 e. The van der Waals surface area contributed by atoms with Gasteiger partial charge in [0.05, 0.1) is 6.04 Å². The molecule has 0 saturated carbocycles. The highest BCUT2D eigenvalue weighted by atomic mass is 16.6. The first-order valence-corrected chi connectivity index (χ1v) is 12.1. The van der Waals surface area contributed by atoms with Crippen LogP contribution in [0.2, 0.25) is 0 Å². The van der Waals surface area contributed by atoms with Crippen LogP contribution >= 0.6 is 0 Å². The van der Waals surface area contributed by atoms with E-state index in [-0.39, 0.29) is 23.2 Å². The van der Waals surface area contributed by atoms with Crippen molar-refractivity contribution >= 4 is 6.09 Å². The summed E-state index contributed by atoms with van der Waals surface area (Å²) in [5.41, 5.74) is 3.52. The van der Waals surface area contributed by atoms with Gasteiger partial charge < -0.3 is 14.8 Å². The molecule has 4 nitrogen and oxygen atoms in total. The number of aryl methyl sites for hydroxylation is 2. The molecule has 1 unspecified atom stereocenters. The van der Waals surface area contributed by atoms with Crippen molar-refractivity contribution in [3.63, 3.8) is 0 Å². The van der Waals surface area contributed by atoms with E-state index < -0.39 is 5.60 Å². The lowest BCUT2D eigenvalue weighted by molar-refractivity contribution is -0.0401. The van der Waals surface area contributed by atoms with Crippen molar-refractivity contribution in [2.45, 2.75) is 119 Å². The van der Waals surface area contributed by atoms with Crippen LogP contribution in [-0.2, 0) is 15.9 Å². The number of hydrogen-bond donors (Lipinski definition) is 1. The number of hydrogen-bond acceptors (Lipinski definition) is 3. The number of amides is 1. The first-order valence-electron chi connectivity index (χ1n) is 12.1. The number of rotatable bonds is 1. The summed E-state index contributed by atoms with van der Waals surface area (Å²) in [4.78, 5) is 12.0. The predicted molar refractivity (Wildman–Crippen MR) is 134 cm³/mol. The molecule has 0 fully saturated rings. The summed E-state index contributed by atoms with van der Waals surface area (Å²) in [5.74, 6) is 2.96. The normalized spacial score (nSPS) is 20.1. The lowest BCUT2D eigenvalue weighted by Crippen LogP contribution is -2.42. The first-order chi connectivity index (χ1) is 14.8. The smallest absolute Gasteiger partial charge is 0.408 e. The summed E-state index contributed by atoms with van der Waals surface area (Å²) in [6.45, 7) is 20.3. The maximum atomic E-state index is 12.0. The zero-order valence-electron chi connectivity index (χ0n) is 22.1. The van der Waals surface area contributed by atoms with Gasteiger partial charge in [0.25, 0.3) is 0 Å². The second kappa shape index (κ2) is 11.6. The molecule has 1 aliphatic heterocycles. The number of ether oxygens (including phenoxy) is 2. The van der Waals surface area contributed by atoms with Crippen LogP contribution in [0.15, 0.2) is 18.2 Å². The van der Waals surface area contributed by atoms with Crippen LogP contribution in [0.25, 0.3) is 0 Å². The summed E-state index contributed by atoms with van der Waals surface area (Å²) in [7, 11) is 0. The van der Waals surface area contributed by atoms with Crippen LogP contribution in [0.5, 0.6) is 0 Å². The molecule has 32 heavy (non-hydrogen) atoms. The molecule has 3 rings (SSSR count). The molecule has 0 spiro atoms. The van der Waals surface area contributed by atoms with Crippen molar-refractivity contribution in [3.8, 4) is 12.0 Å². The molecule has 1 aromatic rings. The van der Waals surface area contributed by atoms with Crippen molar-refractivity contribution in [1.82, 2.24) is 5.32 Å². The summed E-state index contributed by atoms with van der Waals surface area (Å²) < 4.78 is 10.7. The van der Waals surface area contributed by atoms with E-state index in [1.165, 1.54) is 23.1 Å². The molecule has 0 saturated heterocycles. The van der Waals surface area contributed by atoms with E-state index in [9.17, 15) is 4.79 Å². The maximum Gasteiger partial charge on any atom is 0.408 e. The summed E-state index contributed by atoms with van der Waals surface area (Å²) >= 11 is 0. The Kier molecular flexibility index (Phi) is 10.1. The fourth-order valence-corrected chi connectivity index (χ4v) is 3.48. The van der Waals surface area contributed by atoms with Gasteiger partial charge >= 0.3 is 6.09 Å². The predicted octanol–water partition coefficient (Wildman–Crippen LogP) is 7.49. The second-order valence-electron chi connectivity index (χ2n) is 10.6. The Hall–Kier alpha value is -2.15. The van der Waals surface area contributed by atoms with Gasteiger partial charge in [-0.25, -0.2) is 4.79 Å². The maximum absolute atomic E-state index is 12.0. The molecule has 1 heterocycles. The molecule has 180 valence electrons. The van der Waals surface area contributed by atoms with Gasteiger partial charge in [-0.05, 0) is 71.9 Å². The van der Waals surface area contributed by atoms with Gasteiger partial charge in [-0.15, -0.1) is 0 Å². The summed E-state index contributed by atoms with van der Waals surface area (Å²) in [5, 5.41) is 3.03. The molecular weight excluding hydrogens is 398 g/mol. The quantitative estimate of drug-likeness (QED) is 0.361. The number of carbonyl (C=O) groups is 1. The van der Waals surface area contributed by atoms with Crippen LogP contribution < -0.4 is 5.32 Å². The molecular formula is C28H45NO3. The molecule has 4 heteroatoms. The fraction of sp³-hybridized carbons (Fsp3) is 0.679. The minimum Gasteiger partial charge on any atom is -0.444 e. The van der Waals surface area contributed by atoms with Gasteiger partial charge in [-0.1, -0.05) is 63.8 Å². The SMILES string of the molecule is CC.CC1(C)CC#COC1(C)C.Cc1ccc2c(c1)CCCCC2NC(=O)OC(C)(C)C. The van der Waals surface area contributed by atoms with Gasteiger partial charge in [0.1, 0.15) is 17.3 Å². The topological polar surface area (TPSA) is 47.6 Å². The number of nitrogens with one attached hydrogen (secondary N) is 1. The highest BCUT2D eigenvalue weighted by Gasteiger charge is 2.39. The number of alkyl carbamates (subject to hydrolysis) is 1. The summed E-state index contributed by atoms with van der Waals surface area (Å²) in [6.07, 6.45) is 7.69. The minimum absolute atomic E-state index is 0.0722. The van der Waals surface area contributed by atoms with Gasteiger partial charge in [-0.3, -0.25) is 0 Å². The third-order valence-corrected chi connectivity index (χ3v) is 6.09. The van der Waals surface area contributed by atoms with Gasteiger partial charge in [0.2, 0.25) is 0 Å². The molecule has 0 bridgehead atoms. The van der Waals surface area contributed by atoms with Crippen LogP contribution in [-0.4, -0.2) is 17.3 Å². The van der Waals surface area contributed by atoms with Crippen molar-refractivity contribution in [2.24, 2.45) is 5.41 Å². The van der Waals surface area contributed by atoms with Crippen molar-refractivity contribution < 1.29 is 14.3 Å². The zero-order chi connectivity index (χ0) is 24.6. The molecule has 0 aromatic heterocycles. The van der Waals surface area contributed by atoms with Crippen molar-refractivity contribution in [2.75, 3.05) is 0 Å². The van der Waals surface area contributed by atoms with Crippen molar-refractivity contribution in [1.29, 1.82) is 0 Å². The third-order valence-electron chi connectivity index (χ3n) is 6.09. The molecule has 1 amide bonds. The van der Waals surface area contributed by atoms with E-state index in [4.69, 9.17) is 9.47 Å². The minimum atomic E-state index is -0.453. The Balaban J connectivity index is 0.000000358. The van der Waals surface area contributed by atoms with E-state index in [1.807, 2.05) is 34.6 Å². The number of benzene rings is 1. The molecule has 1 atom stereocenters. The highest BCUT2D eigenvalue weighted by molar-refractivity contribution is 5.68. The van der Waals surface area contributed by atoms with Crippen molar-refractivity contribution in [3.05, 3.63) is 34.9 Å². The van der Waals surface area contributed by atoms with Gasteiger partial charge in [-0.2, -0.15) is 0 Å². The van der Waals surface area contributed by atoms with E-state index >= 15 is 0 Å². The van der Waals surface area contributed by atoms with Crippen LogP contribution in [0.1, 0.15) is 111 Å². The number of fused-ring (bicyclic) bond motifs is 1. The fourth-order valence-electron chi connectivity index (χ4n) is 3.48. The van der Waals surface area contributed by atoms with E-state index in [2.05, 4.69) is 70.2 Å². The second-order valence-corrected chi connectivity index (χ2v) is 10.6. The average Bonchev–Trinajstić information content (AvgIpc) is 2.86. The highest BCUT2D eigenvalue weighted by Crippen LogP contribution is 2.38. The zero-order valence-corrected chi connectivity index (χ0v) is 22.1. The van der Waals surface area contributed by atoms with Gasteiger partial charge in [0, 0.05) is 11.8 Å². The standard InChI is InChI=1S/C17H25NO2.C9H14O.C2H6/c1-12-9-10-14-13(11-12)7-5-6-8-15(14)18-16(19)20-17(2,3)4;1-8(2)6-5-7-10-9(8,3)4;1-2/h9-11,15H,5-8H2,1-4H3,(H,18,19);6H2,1-4H3;1-2H3. The lowest BCUT2D eigenvalue weighted by Gasteiger charge is -2.40. The molecule has 1 aromatic carbocycles. The summed E-state index contributed by atoms with van der Waals surface area (Å²) in [6, 6.07) is 6.58. The van der Waals surface area contributed by atoms with E-state index in [0.29, 0.717) is 0 Å². The molecule has 1 N–H and O–H groups in total. The molecule has 0 radical (unpaired) electrons. The van der Waals surface area contributed by atoms with E-state index in [0.717, 1.165) is 25.7 Å². The van der Waals surface area contributed by atoms with Crippen LogP contribution in [0.3, 0.4) is 0 Å². The Morgan fingerprint density at radius 2 is 1.81 bits per heavy atom. The van der Waals surface area contributed by atoms with Crippen LogP contribution in [0, 0.1) is 24.4 Å².